The van der Waals surface area contributed by atoms with E-state index in [1.165, 1.54) is 26.0 Å². The Bertz CT molecular complexity index is 636. The van der Waals surface area contributed by atoms with E-state index in [0.717, 1.165) is 11.3 Å². The quantitative estimate of drug-likeness (QED) is 0.782. The van der Waals surface area contributed by atoms with E-state index in [9.17, 15) is 4.39 Å². The third kappa shape index (κ3) is 2.26. The van der Waals surface area contributed by atoms with Gasteiger partial charge in [0.2, 0.25) is 0 Å². The number of nitrogens with zero attached hydrogens (tertiary/aromatic N) is 2. The summed E-state index contributed by atoms with van der Waals surface area (Å²) >= 11 is 5.87. The van der Waals surface area contributed by atoms with Gasteiger partial charge >= 0.3 is 0 Å². The molecule has 0 N–H and O–H groups in total. The molecule has 20 heavy (non-hydrogen) atoms. The minimum atomic E-state index is -0.374. The lowest BCUT2D eigenvalue weighted by Gasteiger charge is -2.17. The SMILES string of the molecule is COc1cc2c(cc1F)nc(CCCl)n2C(C)C1CC1. The number of hydrogen-bond donors (Lipinski definition) is 0. The molecule has 0 amide bonds. The molecule has 3 rings (SSSR count). The number of fused-ring (bicyclic) bond motifs is 1. The number of rotatable bonds is 5. The molecule has 1 aliphatic rings. The minimum absolute atomic E-state index is 0.263. The van der Waals surface area contributed by atoms with Crippen molar-refractivity contribution in [1.29, 1.82) is 0 Å². The number of imidazole rings is 1. The largest absolute Gasteiger partial charge is 0.494 e. The number of aryl methyl sites for hydroxylation is 1. The zero-order chi connectivity index (χ0) is 14.3. The van der Waals surface area contributed by atoms with Crippen LogP contribution >= 0.6 is 11.6 Å². The summed E-state index contributed by atoms with van der Waals surface area (Å²) < 4.78 is 21.1. The smallest absolute Gasteiger partial charge is 0.167 e. The molecule has 3 nitrogen and oxygen atoms in total. The van der Waals surface area contributed by atoms with Crippen LogP contribution in [0.1, 0.15) is 31.6 Å². The van der Waals surface area contributed by atoms with Crippen molar-refractivity contribution in [3.63, 3.8) is 0 Å². The maximum absolute atomic E-state index is 13.8. The Balaban J connectivity index is 2.18. The van der Waals surface area contributed by atoms with Crippen LogP contribution in [-0.4, -0.2) is 22.5 Å². The van der Waals surface area contributed by atoms with E-state index < -0.39 is 0 Å². The molecule has 0 spiro atoms. The van der Waals surface area contributed by atoms with Gasteiger partial charge in [-0.05, 0) is 25.7 Å². The fraction of sp³-hybridized carbons (Fsp3) is 0.533. The molecule has 1 aromatic carbocycles. The van der Waals surface area contributed by atoms with Gasteiger partial charge in [0.25, 0.3) is 0 Å². The Morgan fingerprint density at radius 3 is 2.85 bits per heavy atom. The third-order valence-corrected chi connectivity index (χ3v) is 4.25. The first kappa shape index (κ1) is 13.7. The van der Waals surface area contributed by atoms with Crippen molar-refractivity contribution in [3.8, 4) is 5.75 Å². The van der Waals surface area contributed by atoms with Gasteiger partial charge < -0.3 is 9.30 Å². The lowest BCUT2D eigenvalue weighted by Crippen LogP contribution is -2.11. The highest BCUT2D eigenvalue weighted by atomic mass is 35.5. The lowest BCUT2D eigenvalue weighted by atomic mass is 10.2. The van der Waals surface area contributed by atoms with Gasteiger partial charge in [-0.1, -0.05) is 0 Å². The summed E-state index contributed by atoms with van der Waals surface area (Å²) in [5.41, 5.74) is 1.61. The second-order valence-electron chi connectivity index (χ2n) is 5.39. The monoisotopic (exact) mass is 296 g/mol. The van der Waals surface area contributed by atoms with Crippen molar-refractivity contribution in [3.05, 3.63) is 23.8 Å². The summed E-state index contributed by atoms with van der Waals surface area (Å²) in [5.74, 6) is 2.03. The van der Waals surface area contributed by atoms with E-state index in [-0.39, 0.29) is 11.6 Å². The van der Waals surface area contributed by atoms with Gasteiger partial charge in [0.1, 0.15) is 5.82 Å². The second-order valence-corrected chi connectivity index (χ2v) is 5.77. The van der Waals surface area contributed by atoms with E-state index >= 15 is 0 Å². The average molecular weight is 297 g/mol. The highest BCUT2D eigenvalue weighted by molar-refractivity contribution is 6.17. The summed E-state index contributed by atoms with van der Waals surface area (Å²) in [6, 6.07) is 3.56. The molecule has 1 fully saturated rings. The molecule has 1 atom stereocenters. The van der Waals surface area contributed by atoms with Crippen molar-refractivity contribution in [2.75, 3.05) is 13.0 Å². The molecule has 5 heteroatoms. The first-order valence-electron chi connectivity index (χ1n) is 6.96. The van der Waals surface area contributed by atoms with Gasteiger partial charge in [-0.2, -0.15) is 0 Å². The Morgan fingerprint density at radius 2 is 2.25 bits per heavy atom. The van der Waals surface area contributed by atoms with Gasteiger partial charge in [-0.25, -0.2) is 9.37 Å². The van der Waals surface area contributed by atoms with E-state index in [1.807, 2.05) is 0 Å². The van der Waals surface area contributed by atoms with Gasteiger partial charge in [0.15, 0.2) is 11.6 Å². The number of ether oxygens (including phenoxy) is 1. The van der Waals surface area contributed by atoms with Crippen LogP contribution in [-0.2, 0) is 6.42 Å². The molecule has 0 radical (unpaired) electrons. The predicted octanol–water partition coefficient (Wildman–Crippen LogP) is 3.94. The first-order valence-corrected chi connectivity index (χ1v) is 7.49. The Labute approximate surface area is 122 Å². The van der Waals surface area contributed by atoms with Crippen LogP contribution in [0.25, 0.3) is 11.0 Å². The number of aromatic nitrogens is 2. The summed E-state index contributed by atoms with van der Waals surface area (Å²) in [7, 11) is 1.48. The predicted molar refractivity (Wildman–Crippen MR) is 78.1 cm³/mol. The number of alkyl halides is 1. The van der Waals surface area contributed by atoms with Crippen LogP contribution in [0, 0.1) is 11.7 Å². The van der Waals surface area contributed by atoms with Crippen molar-refractivity contribution >= 4 is 22.6 Å². The van der Waals surface area contributed by atoms with Crippen LogP contribution in [0.3, 0.4) is 0 Å². The molecule has 0 bridgehead atoms. The Morgan fingerprint density at radius 1 is 1.50 bits per heavy atom. The van der Waals surface area contributed by atoms with Gasteiger partial charge in [-0.3, -0.25) is 0 Å². The summed E-state index contributed by atoms with van der Waals surface area (Å²) in [5, 5.41) is 0. The fourth-order valence-electron chi connectivity index (χ4n) is 2.81. The van der Waals surface area contributed by atoms with Crippen molar-refractivity contribution in [2.45, 2.75) is 32.2 Å². The van der Waals surface area contributed by atoms with E-state index in [0.29, 0.717) is 29.8 Å². The maximum atomic E-state index is 13.8. The molecular weight excluding hydrogens is 279 g/mol. The van der Waals surface area contributed by atoms with Gasteiger partial charge in [0, 0.05) is 30.5 Å². The van der Waals surface area contributed by atoms with E-state index in [1.54, 1.807) is 6.07 Å². The minimum Gasteiger partial charge on any atom is -0.494 e. The molecule has 1 heterocycles. The molecule has 1 aromatic heterocycles. The molecule has 2 aromatic rings. The highest BCUT2D eigenvalue weighted by Gasteiger charge is 2.31. The zero-order valence-corrected chi connectivity index (χ0v) is 12.5. The van der Waals surface area contributed by atoms with Crippen LogP contribution in [0.2, 0.25) is 0 Å². The van der Waals surface area contributed by atoms with Crippen LogP contribution in [0.4, 0.5) is 4.39 Å². The number of hydrogen-bond acceptors (Lipinski definition) is 2. The summed E-state index contributed by atoms with van der Waals surface area (Å²) in [4.78, 5) is 4.55. The Hall–Kier alpha value is -1.29. The van der Waals surface area contributed by atoms with Crippen molar-refractivity contribution < 1.29 is 9.13 Å². The lowest BCUT2D eigenvalue weighted by molar-refractivity contribution is 0.387. The highest BCUT2D eigenvalue weighted by Crippen LogP contribution is 2.42. The van der Waals surface area contributed by atoms with Crippen molar-refractivity contribution in [1.82, 2.24) is 9.55 Å². The third-order valence-electron chi connectivity index (χ3n) is 4.07. The number of methoxy groups -OCH3 is 1. The molecule has 0 aliphatic heterocycles. The summed E-state index contributed by atoms with van der Waals surface area (Å²) in [6.45, 7) is 2.20. The molecule has 1 saturated carbocycles. The molecule has 108 valence electrons. The van der Waals surface area contributed by atoms with Crippen LogP contribution < -0.4 is 4.74 Å². The Kier molecular flexibility index (Phi) is 3.59. The fourth-order valence-corrected chi connectivity index (χ4v) is 2.98. The van der Waals surface area contributed by atoms with Crippen LogP contribution in [0.15, 0.2) is 12.1 Å². The molecule has 1 aliphatic carbocycles. The van der Waals surface area contributed by atoms with Gasteiger partial charge in [-0.15, -0.1) is 11.6 Å². The topological polar surface area (TPSA) is 27.1 Å². The van der Waals surface area contributed by atoms with Crippen molar-refractivity contribution in [2.24, 2.45) is 5.92 Å². The molecular formula is C15H18ClFN2O. The number of benzene rings is 1. The molecule has 1 unspecified atom stereocenters. The maximum Gasteiger partial charge on any atom is 0.167 e. The molecule has 0 saturated heterocycles. The zero-order valence-electron chi connectivity index (χ0n) is 11.7. The second kappa shape index (κ2) is 5.24. The average Bonchev–Trinajstić information content (AvgIpc) is 3.21. The number of halogens is 2. The van der Waals surface area contributed by atoms with E-state index in [4.69, 9.17) is 16.3 Å². The van der Waals surface area contributed by atoms with Crippen LogP contribution in [0.5, 0.6) is 5.75 Å². The van der Waals surface area contributed by atoms with E-state index in [2.05, 4.69) is 16.5 Å². The first-order chi connectivity index (χ1) is 9.65. The standard InChI is InChI=1S/C15H18ClFN2O/c1-9(10-3-4-10)19-13-8-14(20-2)11(17)7-12(13)18-15(19)5-6-16/h7-10H,3-6H2,1-2H3. The summed E-state index contributed by atoms with van der Waals surface area (Å²) in [6.07, 6.45) is 3.19. The normalized spacial score (nSPS) is 16.6. The van der Waals surface area contributed by atoms with Gasteiger partial charge in [0.05, 0.1) is 18.1 Å².